The van der Waals surface area contributed by atoms with Gasteiger partial charge in [0.25, 0.3) is 11.8 Å². The Bertz CT molecular complexity index is 1420. The lowest BCUT2D eigenvalue weighted by atomic mass is 9.83. The van der Waals surface area contributed by atoms with Crippen molar-refractivity contribution in [3.63, 3.8) is 0 Å². The van der Waals surface area contributed by atoms with Crippen LogP contribution < -0.4 is 10.6 Å². The minimum absolute atomic E-state index is 0.0499. The molecule has 0 spiro atoms. The van der Waals surface area contributed by atoms with Gasteiger partial charge in [0.1, 0.15) is 6.54 Å². The van der Waals surface area contributed by atoms with Gasteiger partial charge < -0.3 is 15.4 Å². The van der Waals surface area contributed by atoms with Crippen LogP contribution in [-0.2, 0) is 19.7 Å². The van der Waals surface area contributed by atoms with Crippen molar-refractivity contribution in [3.05, 3.63) is 100 Å². The fourth-order valence-corrected chi connectivity index (χ4v) is 4.01. The van der Waals surface area contributed by atoms with E-state index in [0.717, 1.165) is 5.56 Å². The van der Waals surface area contributed by atoms with Crippen LogP contribution in [0.15, 0.2) is 66.7 Å². The van der Waals surface area contributed by atoms with E-state index in [1.54, 1.807) is 42.5 Å². The van der Waals surface area contributed by atoms with Crippen LogP contribution in [0.1, 0.15) is 68.5 Å². The van der Waals surface area contributed by atoms with Gasteiger partial charge in [-0.15, -0.1) is 0 Å². The molecule has 2 N–H and O–H groups in total. The van der Waals surface area contributed by atoms with E-state index >= 15 is 0 Å². The molecule has 0 unspecified atom stereocenters. The molecule has 0 bridgehead atoms. The van der Waals surface area contributed by atoms with Crippen molar-refractivity contribution in [2.24, 2.45) is 0 Å². The molecular weight excluding hydrogens is 472 g/mol. The van der Waals surface area contributed by atoms with Gasteiger partial charge in [0.2, 0.25) is 0 Å². The number of hydrogen-bond acceptors (Lipinski definition) is 6. The van der Waals surface area contributed by atoms with Gasteiger partial charge in [-0.2, -0.15) is 0 Å². The summed E-state index contributed by atoms with van der Waals surface area (Å²) in [7, 11) is 0. The Hall–Kier alpha value is -4.59. The fourth-order valence-electron chi connectivity index (χ4n) is 4.01. The van der Waals surface area contributed by atoms with E-state index in [2.05, 4.69) is 31.4 Å². The van der Waals surface area contributed by atoms with Gasteiger partial charge in [-0.3, -0.25) is 24.0 Å². The lowest BCUT2D eigenvalue weighted by molar-refractivity contribution is -0.146. The summed E-state index contributed by atoms with van der Waals surface area (Å²) in [6.07, 6.45) is 0. The summed E-state index contributed by atoms with van der Waals surface area (Å²) in [5, 5.41) is 5.00. The number of fused-ring (bicyclic) bond motifs is 2. The third-order valence-corrected chi connectivity index (χ3v) is 6.00. The molecule has 0 aliphatic heterocycles. The number of benzene rings is 3. The number of hydrogen-bond donors (Lipinski definition) is 2. The van der Waals surface area contributed by atoms with Gasteiger partial charge in [-0.1, -0.05) is 69.3 Å². The van der Waals surface area contributed by atoms with Gasteiger partial charge in [-0.05, 0) is 29.2 Å². The van der Waals surface area contributed by atoms with E-state index in [1.807, 2.05) is 12.1 Å². The van der Waals surface area contributed by atoms with Crippen molar-refractivity contribution in [2.45, 2.75) is 26.2 Å². The molecule has 1 aliphatic rings. The molecule has 3 aromatic rings. The van der Waals surface area contributed by atoms with Crippen LogP contribution in [-0.4, -0.2) is 42.5 Å². The second kappa shape index (κ2) is 10.2. The maximum atomic E-state index is 13.0. The van der Waals surface area contributed by atoms with Crippen LogP contribution >= 0.6 is 0 Å². The number of rotatable bonds is 6. The standard InChI is InChI=1S/C29H26N2O6/c1-29(2,3)18-13-11-17(12-14-18)28(36)30-15-24(33)37-16-23(32)31-22-10-6-9-21-25(22)27(35)20-8-5-4-7-19(20)26(21)34/h4-14H,15-16H2,1-3H3,(H,30,36)(H,31,32). The van der Waals surface area contributed by atoms with Crippen molar-refractivity contribution in [3.8, 4) is 0 Å². The third kappa shape index (κ3) is 5.48. The third-order valence-electron chi connectivity index (χ3n) is 6.00. The van der Waals surface area contributed by atoms with Crippen LogP contribution in [0.2, 0.25) is 0 Å². The Balaban J connectivity index is 1.32. The maximum absolute atomic E-state index is 13.0. The number of ether oxygens (including phenoxy) is 1. The first kappa shape index (κ1) is 25.5. The van der Waals surface area contributed by atoms with Gasteiger partial charge >= 0.3 is 5.97 Å². The highest BCUT2D eigenvalue weighted by Gasteiger charge is 2.31. The highest BCUT2D eigenvalue weighted by Crippen LogP contribution is 2.31. The van der Waals surface area contributed by atoms with E-state index in [0.29, 0.717) is 11.1 Å². The molecular formula is C29H26N2O6. The molecule has 0 heterocycles. The van der Waals surface area contributed by atoms with Crippen molar-refractivity contribution in [1.82, 2.24) is 5.32 Å². The molecule has 1 aliphatic carbocycles. The Morgan fingerprint density at radius 3 is 2.05 bits per heavy atom. The predicted molar refractivity (Wildman–Crippen MR) is 137 cm³/mol. The summed E-state index contributed by atoms with van der Waals surface area (Å²) in [5.41, 5.74) is 2.43. The number of esters is 1. The zero-order valence-corrected chi connectivity index (χ0v) is 20.7. The molecule has 0 fully saturated rings. The monoisotopic (exact) mass is 498 g/mol. The Labute approximate surface area is 214 Å². The van der Waals surface area contributed by atoms with Crippen molar-refractivity contribution >= 4 is 35.0 Å². The van der Waals surface area contributed by atoms with Crippen molar-refractivity contribution in [1.29, 1.82) is 0 Å². The molecule has 3 aromatic carbocycles. The van der Waals surface area contributed by atoms with E-state index in [-0.39, 0.29) is 39.4 Å². The van der Waals surface area contributed by atoms with Crippen molar-refractivity contribution in [2.75, 3.05) is 18.5 Å². The first-order valence-corrected chi connectivity index (χ1v) is 11.7. The quantitative estimate of drug-likeness (QED) is 0.392. The molecule has 4 rings (SSSR count). The average molecular weight is 499 g/mol. The first-order chi connectivity index (χ1) is 17.6. The Morgan fingerprint density at radius 1 is 0.784 bits per heavy atom. The number of carbonyl (C=O) groups is 5. The normalized spacial score (nSPS) is 12.3. The largest absolute Gasteiger partial charge is 0.454 e. The van der Waals surface area contributed by atoms with Gasteiger partial charge in [0, 0.05) is 22.3 Å². The van der Waals surface area contributed by atoms with E-state index < -0.39 is 30.9 Å². The van der Waals surface area contributed by atoms with E-state index in [9.17, 15) is 24.0 Å². The van der Waals surface area contributed by atoms with Crippen LogP contribution in [0.25, 0.3) is 0 Å². The molecule has 0 radical (unpaired) electrons. The topological polar surface area (TPSA) is 119 Å². The Morgan fingerprint density at radius 2 is 1.41 bits per heavy atom. The Kier molecular flexibility index (Phi) is 7.02. The molecule has 37 heavy (non-hydrogen) atoms. The predicted octanol–water partition coefficient (Wildman–Crippen LogP) is 3.67. The molecule has 2 amide bonds. The number of ketones is 2. The van der Waals surface area contributed by atoms with Crippen LogP contribution in [0, 0.1) is 0 Å². The second-order valence-electron chi connectivity index (χ2n) is 9.65. The molecule has 0 atom stereocenters. The second-order valence-corrected chi connectivity index (χ2v) is 9.65. The zero-order chi connectivity index (χ0) is 26.7. The van der Waals surface area contributed by atoms with E-state index in [1.165, 1.54) is 12.1 Å². The van der Waals surface area contributed by atoms with Crippen LogP contribution in [0.3, 0.4) is 0 Å². The summed E-state index contributed by atoms with van der Waals surface area (Å²) >= 11 is 0. The first-order valence-electron chi connectivity index (χ1n) is 11.7. The lowest BCUT2D eigenvalue weighted by Gasteiger charge is -2.20. The number of nitrogens with one attached hydrogen (secondary N) is 2. The summed E-state index contributed by atoms with van der Waals surface area (Å²) in [6.45, 7) is 5.15. The van der Waals surface area contributed by atoms with Crippen molar-refractivity contribution < 1.29 is 28.7 Å². The number of anilines is 1. The number of amides is 2. The highest BCUT2D eigenvalue weighted by atomic mass is 16.5. The molecule has 8 heteroatoms. The van der Waals surface area contributed by atoms with Gasteiger partial charge in [0.05, 0.1) is 11.3 Å². The molecule has 8 nitrogen and oxygen atoms in total. The smallest absolute Gasteiger partial charge is 0.325 e. The van der Waals surface area contributed by atoms with Crippen LogP contribution in [0.4, 0.5) is 5.69 Å². The molecule has 0 saturated heterocycles. The van der Waals surface area contributed by atoms with Gasteiger partial charge in [-0.25, -0.2) is 0 Å². The molecule has 0 saturated carbocycles. The summed E-state index contributed by atoms with van der Waals surface area (Å²) < 4.78 is 4.96. The average Bonchev–Trinajstić information content (AvgIpc) is 2.88. The fraction of sp³-hybridized carbons (Fsp3) is 0.207. The summed E-state index contributed by atoms with van der Waals surface area (Å²) in [5.74, 6) is -2.62. The summed E-state index contributed by atoms with van der Waals surface area (Å²) in [6, 6.07) is 18.2. The SMILES string of the molecule is CC(C)(C)c1ccc(C(=O)NCC(=O)OCC(=O)Nc2cccc3c2C(=O)c2ccccc2C3=O)cc1. The maximum Gasteiger partial charge on any atom is 0.325 e. The molecule has 0 aromatic heterocycles. The number of carbonyl (C=O) groups excluding carboxylic acids is 5. The summed E-state index contributed by atoms with van der Waals surface area (Å²) in [4.78, 5) is 62.7. The van der Waals surface area contributed by atoms with Gasteiger partial charge in [0.15, 0.2) is 18.2 Å². The van der Waals surface area contributed by atoms with Crippen LogP contribution in [0.5, 0.6) is 0 Å². The van der Waals surface area contributed by atoms with E-state index in [4.69, 9.17) is 4.74 Å². The molecule has 188 valence electrons. The minimum atomic E-state index is -0.801. The lowest BCUT2D eigenvalue weighted by Crippen LogP contribution is -2.32. The highest BCUT2D eigenvalue weighted by molar-refractivity contribution is 6.30. The minimum Gasteiger partial charge on any atom is -0.454 e. The zero-order valence-electron chi connectivity index (χ0n) is 20.7.